The van der Waals surface area contributed by atoms with Crippen molar-refractivity contribution in [3.05, 3.63) is 243 Å². The number of anilines is 3. The molecular formula is C60H40N2OSi. The van der Waals surface area contributed by atoms with Crippen LogP contribution in [0.2, 0.25) is 0 Å². The summed E-state index contributed by atoms with van der Waals surface area (Å²) in [5.41, 5.74) is 11.1. The second kappa shape index (κ2) is 14.5. The summed E-state index contributed by atoms with van der Waals surface area (Å²) < 4.78 is 8.94. The van der Waals surface area contributed by atoms with Crippen molar-refractivity contribution >= 4 is 106 Å². The maximum Gasteiger partial charge on any atom is 0.179 e. The Morgan fingerprint density at radius 3 is 1.44 bits per heavy atom. The minimum atomic E-state index is -2.71. The summed E-state index contributed by atoms with van der Waals surface area (Å²) in [7, 11) is -2.71. The fourth-order valence-corrected chi connectivity index (χ4v) is 15.4. The Balaban J connectivity index is 0.959. The minimum Gasteiger partial charge on any atom is -0.456 e. The molecule has 0 saturated heterocycles. The van der Waals surface area contributed by atoms with Crippen molar-refractivity contribution in [2.45, 2.75) is 0 Å². The number of aromatic nitrogens is 1. The first-order valence-electron chi connectivity index (χ1n) is 22.0. The van der Waals surface area contributed by atoms with Gasteiger partial charge in [-0.1, -0.05) is 182 Å². The third-order valence-electron chi connectivity index (χ3n) is 13.5. The van der Waals surface area contributed by atoms with Gasteiger partial charge in [-0.3, -0.25) is 0 Å². The number of rotatable bonds is 8. The Morgan fingerprint density at radius 1 is 0.312 bits per heavy atom. The highest BCUT2D eigenvalue weighted by molar-refractivity contribution is 7.19. The molecule has 0 atom stereocenters. The summed E-state index contributed by atoms with van der Waals surface area (Å²) >= 11 is 0. The monoisotopic (exact) mass is 832 g/mol. The van der Waals surface area contributed by atoms with Crippen LogP contribution in [0.4, 0.5) is 17.1 Å². The number of hydrogen-bond donors (Lipinski definition) is 0. The summed E-state index contributed by atoms with van der Waals surface area (Å²) in [6.45, 7) is 0. The molecule has 4 heteroatoms. The van der Waals surface area contributed by atoms with Gasteiger partial charge in [0.05, 0.1) is 16.6 Å². The second-order valence-electron chi connectivity index (χ2n) is 16.8. The van der Waals surface area contributed by atoms with Crippen LogP contribution < -0.4 is 25.6 Å². The van der Waals surface area contributed by atoms with Crippen LogP contribution in [0.5, 0.6) is 0 Å². The Bertz CT molecular complexity index is 3720. The van der Waals surface area contributed by atoms with Crippen LogP contribution in [0.15, 0.2) is 247 Å². The average Bonchev–Trinajstić information content (AvgIpc) is 4.03. The lowest BCUT2D eigenvalue weighted by molar-refractivity contribution is 0.669. The molecule has 0 spiro atoms. The van der Waals surface area contributed by atoms with E-state index in [2.05, 4.69) is 240 Å². The number of nitrogens with zero attached hydrogens (tertiary/aromatic N) is 2. The van der Waals surface area contributed by atoms with Crippen molar-refractivity contribution in [2.75, 3.05) is 4.90 Å². The summed E-state index contributed by atoms with van der Waals surface area (Å²) in [6, 6.07) is 89.1. The number of para-hydroxylation sites is 3. The van der Waals surface area contributed by atoms with Crippen molar-refractivity contribution in [3.8, 4) is 11.1 Å². The molecule has 0 aliphatic heterocycles. The first-order chi connectivity index (χ1) is 31.7. The van der Waals surface area contributed by atoms with Crippen LogP contribution >= 0.6 is 0 Å². The van der Waals surface area contributed by atoms with Crippen LogP contribution in [-0.2, 0) is 0 Å². The molecular weight excluding hydrogens is 793 g/mol. The molecule has 10 aromatic carbocycles. The number of benzene rings is 10. The topological polar surface area (TPSA) is 20.8 Å². The zero-order chi connectivity index (χ0) is 42.2. The van der Waals surface area contributed by atoms with Crippen LogP contribution in [0.1, 0.15) is 0 Å². The van der Waals surface area contributed by atoms with Gasteiger partial charge in [-0.05, 0) is 86.5 Å². The van der Waals surface area contributed by atoms with Crippen molar-refractivity contribution in [2.24, 2.45) is 0 Å². The fraction of sp³-hybridized carbons (Fsp3) is 0. The predicted octanol–water partition coefficient (Wildman–Crippen LogP) is 13.3. The Labute approximate surface area is 371 Å². The highest BCUT2D eigenvalue weighted by atomic mass is 28.3. The molecule has 13 rings (SSSR count). The number of fused-ring (bicyclic) bond motifs is 9. The van der Waals surface area contributed by atoms with Gasteiger partial charge in [0.1, 0.15) is 11.2 Å². The van der Waals surface area contributed by atoms with Crippen LogP contribution in [0, 0.1) is 0 Å². The molecule has 0 aliphatic rings. The average molecular weight is 833 g/mol. The van der Waals surface area contributed by atoms with Crippen LogP contribution in [-0.4, -0.2) is 12.5 Å². The van der Waals surface area contributed by atoms with Crippen LogP contribution in [0.3, 0.4) is 0 Å². The molecule has 0 radical (unpaired) electrons. The van der Waals surface area contributed by atoms with E-state index in [4.69, 9.17) is 4.42 Å². The van der Waals surface area contributed by atoms with E-state index in [1.165, 1.54) is 70.0 Å². The van der Waals surface area contributed by atoms with Crippen LogP contribution in [0.25, 0.3) is 71.2 Å². The molecule has 3 nitrogen and oxygen atoms in total. The van der Waals surface area contributed by atoms with E-state index in [0.29, 0.717) is 0 Å². The molecule has 3 heterocycles. The van der Waals surface area contributed by atoms with Gasteiger partial charge in [0.25, 0.3) is 0 Å². The summed E-state index contributed by atoms with van der Waals surface area (Å²) in [4.78, 5) is 2.36. The molecule has 0 N–H and O–H groups in total. The van der Waals surface area contributed by atoms with Crippen molar-refractivity contribution in [1.29, 1.82) is 0 Å². The van der Waals surface area contributed by atoms with E-state index in [1.807, 2.05) is 12.1 Å². The molecule has 0 amide bonds. The largest absolute Gasteiger partial charge is 0.456 e. The Kier molecular flexibility index (Phi) is 8.23. The summed E-state index contributed by atoms with van der Waals surface area (Å²) in [5.74, 6) is 0. The lowest BCUT2D eigenvalue weighted by Crippen LogP contribution is -2.74. The molecule has 13 aromatic rings. The maximum atomic E-state index is 6.48. The van der Waals surface area contributed by atoms with E-state index in [1.54, 1.807) is 0 Å². The van der Waals surface area contributed by atoms with Gasteiger partial charge in [-0.2, -0.15) is 0 Å². The van der Waals surface area contributed by atoms with Gasteiger partial charge in [-0.25, -0.2) is 0 Å². The number of furan rings is 1. The quantitative estimate of drug-likeness (QED) is 0.112. The van der Waals surface area contributed by atoms with Crippen molar-refractivity contribution < 1.29 is 4.42 Å². The third-order valence-corrected chi connectivity index (χ3v) is 18.3. The van der Waals surface area contributed by atoms with Gasteiger partial charge in [-0.15, -0.1) is 0 Å². The van der Waals surface area contributed by atoms with Gasteiger partial charge >= 0.3 is 0 Å². The van der Waals surface area contributed by atoms with Gasteiger partial charge in [0.2, 0.25) is 0 Å². The molecule has 64 heavy (non-hydrogen) atoms. The minimum absolute atomic E-state index is 0.867. The molecule has 0 fully saturated rings. The molecule has 0 bridgehead atoms. The van der Waals surface area contributed by atoms with E-state index >= 15 is 0 Å². The lowest BCUT2D eigenvalue weighted by Gasteiger charge is -2.35. The van der Waals surface area contributed by atoms with Gasteiger partial charge in [0, 0.05) is 55.4 Å². The second-order valence-corrected chi connectivity index (χ2v) is 20.7. The Morgan fingerprint density at radius 2 is 0.781 bits per heavy atom. The molecule has 0 saturated carbocycles. The van der Waals surface area contributed by atoms with E-state index < -0.39 is 8.07 Å². The normalized spacial score (nSPS) is 12.1. The molecule has 0 aliphatic carbocycles. The zero-order valence-corrected chi connectivity index (χ0v) is 35.9. The van der Waals surface area contributed by atoms with E-state index in [9.17, 15) is 0 Å². The summed E-state index contributed by atoms with van der Waals surface area (Å²) in [6.07, 6.45) is 0. The molecule has 0 unspecified atom stereocenters. The summed E-state index contributed by atoms with van der Waals surface area (Å²) in [5, 5.41) is 12.8. The first kappa shape index (κ1) is 36.5. The van der Waals surface area contributed by atoms with Gasteiger partial charge in [0.15, 0.2) is 8.07 Å². The lowest BCUT2D eigenvalue weighted by atomic mass is 10.0. The third kappa shape index (κ3) is 5.46. The van der Waals surface area contributed by atoms with E-state index in [-0.39, 0.29) is 0 Å². The maximum absolute atomic E-state index is 6.48. The first-order valence-corrected chi connectivity index (χ1v) is 24.0. The SMILES string of the molecule is c1ccc([Si](c2ccccc2)(c2ccccc2)c2ccc(N(c3ccc(-c4ccc5c6cccc7c8ccccc8n(c5c4)c76)cc3)c3ccc4c(c3)oc3ccccc34)cc2)cc1. The highest BCUT2D eigenvalue weighted by Gasteiger charge is 2.41. The standard InChI is InChI=1S/C60H40N2OSi/c1-4-15-46(16-5-1)64(47-17-6-2-7-18-47,48-19-8-3-9-20-48)49-35-32-44(33-36-49)61(45-34-38-53-52-22-11-13-26-58(52)63-59(53)40-45)43-30-27-41(28-31-43)42-29-37-51-55-24-14-23-54-50-21-10-12-25-56(50)62(60(54)55)57(51)39-42/h1-40H. The smallest absolute Gasteiger partial charge is 0.179 e. The zero-order valence-electron chi connectivity index (χ0n) is 34.9. The predicted molar refractivity (Wildman–Crippen MR) is 272 cm³/mol. The number of hydrogen-bond acceptors (Lipinski definition) is 2. The molecule has 300 valence electrons. The van der Waals surface area contributed by atoms with Crippen molar-refractivity contribution in [3.63, 3.8) is 0 Å². The van der Waals surface area contributed by atoms with E-state index in [0.717, 1.165) is 39.0 Å². The molecule has 3 aromatic heterocycles. The van der Waals surface area contributed by atoms with Crippen molar-refractivity contribution in [1.82, 2.24) is 4.40 Å². The highest BCUT2D eigenvalue weighted by Crippen LogP contribution is 2.42. The Hall–Kier alpha value is -8.18. The fourth-order valence-electron chi connectivity index (χ4n) is 10.6. The van der Waals surface area contributed by atoms with Gasteiger partial charge < -0.3 is 13.7 Å².